The van der Waals surface area contributed by atoms with E-state index in [1.54, 1.807) is 6.07 Å². The number of carbonyl (C=O) groups is 2. The van der Waals surface area contributed by atoms with Crippen LogP contribution in [0.5, 0.6) is 0 Å². The zero-order chi connectivity index (χ0) is 25.1. The largest absolute Gasteiger partial charge is 0.395 e. The molecular formula is C28H29ClN4O3. The van der Waals surface area contributed by atoms with Crippen LogP contribution in [-0.4, -0.2) is 66.1 Å². The minimum atomic E-state index is -1.06. The van der Waals surface area contributed by atoms with Gasteiger partial charge in [-0.1, -0.05) is 48.0 Å². The standard InChI is InChI=1S/C28H29ClN4O3/c29-22-7-3-5-20(17-22)19-28(24-9-1-2-10-25(24)30-27(28)36)31-23-8-4-6-21(18-23)26(35)33-13-11-32(12-14-33)15-16-34/h1-10,17-18,31,34H,11-16,19H2,(H,30,36). The molecule has 5 rings (SSSR count). The summed E-state index contributed by atoms with van der Waals surface area (Å²) in [6.07, 6.45) is 0.390. The van der Waals surface area contributed by atoms with Crippen LogP contribution in [-0.2, 0) is 16.8 Å². The molecule has 1 atom stereocenters. The van der Waals surface area contributed by atoms with E-state index in [-0.39, 0.29) is 18.4 Å². The van der Waals surface area contributed by atoms with Gasteiger partial charge in [-0.05, 0) is 42.0 Å². The van der Waals surface area contributed by atoms with Gasteiger partial charge in [0.15, 0.2) is 0 Å². The highest BCUT2D eigenvalue weighted by Crippen LogP contribution is 2.41. The summed E-state index contributed by atoms with van der Waals surface area (Å²) < 4.78 is 0. The predicted molar refractivity (Wildman–Crippen MR) is 141 cm³/mol. The summed E-state index contributed by atoms with van der Waals surface area (Å²) in [7, 11) is 0. The van der Waals surface area contributed by atoms with Gasteiger partial charge in [0.2, 0.25) is 0 Å². The van der Waals surface area contributed by atoms with E-state index in [0.717, 1.165) is 29.9 Å². The number of hydrogen-bond acceptors (Lipinski definition) is 5. The first-order valence-electron chi connectivity index (χ1n) is 12.1. The van der Waals surface area contributed by atoms with Crippen molar-refractivity contribution in [2.24, 2.45) is 0 Å². The van der Waals surface area contributed by atoms with Crippen LogP contribution in [0.4, 0.5) is 11.4 Å². The van der Waals surface area contributed by atoms with Crippen LogP contribution < -0.4 is 10.6 Å². The highest BCUT2D eigenvalue weighted by Gasteiger charge is 2.47. The van der Waals surface area contributed by atoms with Crippen LogP contribution in [0.2, 0.25) is 5.02 Å². The van der Waals surface area contributed by atoms with Gasteiger partial charge in [0.1, 0.15) is 5.54 Å². The van der Waals surface area contributed by atoms with E-state index >= 15 is 0 Å². The average molecular weight is 505 g/mol. The molecule has 0 aliphatic carbocycles. The van der Waals surface area contributed by atoms with Crippen molar-refractivity contribution in [2.75, 3.05) is 50.0 Å². The van der Waals surface area contributed by atoms with E-state index in [9.17, 15) is 9.59 Å². The predicted octanol–water partition coefficient (Wildman–Crippen LogP) is 3.59. The number of hydrogen-bond donors (Lipinski definition) is 3. The second kappa shape index (κ2) is 10.3. The molecule has 3 N–H and O–H groups in total. The first-order chi connectivity index (χ1) is 17.5. The van der Waals surface area contributed by atoms with E-state index in [1.165, 1.54) is 0 Å². The van der Waals surface area contributed by atoms with Gasteiger partial charge in [0.05, 0.1) is 6.61 Å². The Morgan fingerprint density at radius 2 is 1.78 bits per heavy atom. The fourth-order valence-electron chi connectivity index (χ4n) is 5.09. The highest BCUT2D eigenvalue weighted by atomic mass is 35.5. The molecular weight excluding hydrogens is 476 g/mol. The molecule has 36 heavy (non-hydrogen) atoms. The Labute approximate surface area is 215 Å². The van der Waals surface area contributed by atoms with E-state index in [0.29, 0.717) is 42.3 Å². The summed E-state index contributed by atoms with van der Waals surface area (Å²) in [5, 5.41) is 16.3. The van der Waals surface area contributed by atoms with Gasteiger partial charge in [-0.2, -0.15) is 0 Å². The van der Waals surface area contributed by atoms with Crippen molar-refractivity contribution in [1.29, 1.82) is 0 Å². The minimum Gasteiger partial charge on any atom is -0.395 e. The zero-order valence-electron chi connectivity index (χ0n) is 19.9. The average Bonchev–Trinajstić information content (AvgIpc) is 3.15. The van der Waals surface area contributed by atoms with Crippen molar-refractivity contribution in [3.05, 3.63) is 94.5 Å². The van der Waals surface area contributed by atoms with Crippen LogP contribution in [0, 0.1) is 0 Å². The molecule has 0 radical (unpaired) electrons. The number of aliphatic hydroxyl groups excluding tert-OH is 1. The maximum atomic E-state index is 13.5. The number of carbonyl (C=O) groups excluding carboxylic acids is 2. The van der Waals surface area contributed by atoms with Gasteiger partial charge in [0.25, 0.3) is 11.8 Å². The lowest BCUT2D eigenvalue weighted by Crippen LogP contribution is -2.49. The molecule has 2 aliphatic heterocycles. The second-order valence-electron chi connectivity index (χ2n) is 9.27. The Hall–Kier alpha value is -3.39. The zero-order valence-corrected chi connectivity index (χ0v) is 20.7. The molecule has 186 valence electrons. The Kier molecular flexibility index (Phi) is 6.96. The van der Waals surface area contributed by atoms with Gasteiger partial charge < -0.3 is 20.6 Å². The Morgan fingerprint density at radius 3 is 2.56 bits per heavy atom. The summed E-state index contributed by atoms with van der Waals surface area (Å²) in [5.41, 5.74) is 2.75. The third-order valence-electron chi connectivity index (χ3n) is 6.92. The lowest BCUT2D eigenvalue weighted by Gasteiger charge is -2.34. The van der Waals surface area contributed by atoms with Crippen molar-refractivity contribution in [1.82, 2.24) is 9.80 Å². The molecule has 3 aromatic carbocycles. The van der Waals surface area contributed by atoms with Crippen LogP contribution >= 0.6 is 11.6 Å². The number of nitrogens with one attached hydrogen (secondary N) is 2. The van der Waals surface area contributed by atoms with Crippen molar-refractivity contribution < 1.29 is 14.7 Å². The van der Waals surface area contributed by atoms with E-state index in [2.05, 4.69) is 15.5 Å². The Morgan fingerprint density at radius 1 is 1.00 bits per heavy atom. The summed E-state index contributed by atoms with van der Waals surface area (Å²) >= 11 is 6.25. The molecule has 2 amide bonds. The molecule has 1 saturated heterocycles. The van der Waals surface area contributed by atoms with E-state index < -0.39 is 5.54 Å². The lowest BCUT2D eigenvalue weighted by molar-refractivity contribution is -0.119. The molecule has 1 fully saturated rings. The Bertz CT molecular complexity index is 1270. The van der Waals surface area contributed by atoms with Crippen molar-refractivity contribution in [3.8, 4) is 0 Å². The number of halogens is 1. The number of β-amino-alcohol motifs (C(OH)–C–C–N with tert-alkyl or cyclic N) is 1. The molecule has 0 spiro atoms. The molecule has 8 heteroatoms. The van der Waals surface area contributed by atoms with Crippen LogP contribution in [0.3, 0.4) is 0 Å². The normalized spacial score (nSPS) is 19.6. The van der Waals surface area contributed by atoms with Crippen LogP contribution in [0.1, 0.15) is 21.5 Å². The number of para-hydroxylation sites is 1. The summed E-state index contributed by atoms with van der Waals surface area (Å²) in [5.74, 6) is -0.192. The summed E-state index contributed by atoms with van der Waals surface area (Å²) in [6.45, 7) is 3.46. The van der Waals surface area contributed by atoms with Gasteiger partial charge in [0, 0.05) is 66.7 Å². The third kappa shape index (κ3) is 4.82. The van der Waals surface area contributed by atoms with Crippen LogP contribution in [0.15, 0.2) is 72.8 Å². The SMILES string of the molecule is O=C(c1cccc(NC2(Cc3cccc(Cl)c3)C(=O)Nc3ccccc32)c1)N1CCN(CCO)CC1. The van der Waals surface area contributed by atoms with Gasteiger partial charge in [-0.25, -0.2) is 0 Å². The van der Waals surface area contributed by atoms with Crippen LogP contribution in [0.25, 0.3) is 0 Å². The fraction of sp³-hybridized carbons (Fsp3) is 0.286. The maximum absolute atomic E-state index is 13.5. The smallest absolute Gasteiger partial charge is 0.255 e. The van der Waals surface area contributed by atoms with E-state index in [1.807, 2.05) is 71.6 Å². The molecule has 2 heterocycles. The molecule has 0 bridgehead atoms. The number of fused-ring (bicyclic) bond motifs is 1. The number of rotatable bonds is 7. The lowest BCUT2D eigenvalue weighted by atomic mass is 9.84. The van der Waals surface area contributed by atoms with E-state index in [4.69, 9.17) is 16.7 Å². The minimum absolute atomic E-state index is 0.0394. The number of piperazine rings is 1. The fourth-order valence-corrected chi connectivity index (χ4v) is 5.30. The molecule has 7 nitrogen and oxygen atoms in total. The van der Waals surface area contributed by atoms with Gasteiger partial charge >= 0.3 is 0 Å². The number of anilines is 2. The summed E-state index contributed by atoms with van der Waals surface area (Å²) in [6, 6.07) is 22.5. The van der Waals surface area contributed by atoms with Gasteiger partial charge in [-0.15, -0.1) is 0 Å². The first kappa shape index (κ1) is 24.3. The molecule has 1 unspecified atom stereocenters. The van der Waals surface area contributed by atoms with Crippen molar-refractivity contribution in [3.63, 3.8) is 0 Å². The first-order valence-corrected chi connectivity index (χ1v) is 12.5. The number of nitrogens with zero attached hydrogens (tertiary/aromatic N) is 2. The topological polar surface area (TPSA) is 84.9 Å². The number of aliphatic hydroxyl groups is 1. The van der Waals surface area contributed by atoms with Crippen molar-refractivity contribution >= 4 is 34.8 Å². The third-order valence-corrected chi connectivity index (χ3v) is 7.16. The quantitative estimate of drug-likeness (QED) is 0.458. The Balaban J connectivity index is 1.43. The highest BCUT2D eigenvalue weighted by molar-refractivity contribution is 6.30. The van der Waals surface area contributed by atoms with Gasteiger partial charge in [-0.3, -0.25) is 14.5 Å². The molecule has 3 aromatic rings. The molecule has 2 aliphatic rings. The van der Waals surface area contributed by atoms with Crippen molar-refractivity contribution in [2.45, 2.75) is 12.0 Å². The molecule has 0 saturated carbocycles. The molecule has 0 aromatic heterocycles. The maximum Gasteiger partial charge on any atom is 0.255 e. The second-order valence-corrected chi connectivity index (χ2v) is 9.71. The number of benzene rings is 3. The summed E-state index contributed by atoms with van der Waals surface area (Å²) in [4.78, 5) is 30.7. The number of amides is 2. The monoisotopic (exact) mass is 504 g/mol.